The van der Waals surface area contributed by atoms with Crippen molar-refractivity contribution in [3.05, 3.63) is 65.2 Å². The summed E-state index contributed by atoms with van der Waals surface area (Å²) in [7, 11) is 0. The molecule has 4 nitrogen and oxygen atoms in total. The SMILES string of the molecule is Cc1ccc([C@H](C)O)cc1NC(=O)OCc1ccccc1. The zero-order valence-electron chi connectivity index (χ0n) is 12.2. The zero-order valence-corrected chi connectivity index (χ0v) is 12.2. The number of ether oxygens (including phenoxy) is 1. The smallest absolute Gasteiger partial charge is 0.411 e. The second-order valence-electron chi connectivity index (χ2n) is 4.94. The van der Waals surface area contributed by atoms with Gasteiger partial charge in [-0.2, -0.15) is 0 Å². The average molecular weight is 285 g/mol. The van der Waals surface area contributed by atoms with Gasteiger partial charge in [-0.3, -0.25) is 5.32 Å². The predicted molar refractivity (Wildman–Crippen MR) is 82.1 cm³/mol. The summed E-state index contributed by atoms with van der Waals surface area (Å²) in [4.78, 5) is 11.8. The van der Waals surface area contributed by atoms with E-state index in [0.29, 0.717) is 5.69 Å². The molecule has 0 saturated carbocycles. The second-order valence-corrected chi connectivity index (χ2v) is 4.94. The third-order valence-corrected chi connectivity index (χ3v) is 3.19. The van der Waals surface area contributed by atoms with Gasteiger partial charge in [-0.15, -0.1) is 0 Å². The fourth-order valence-electron chi connectivity index (χ4n) is 1.90. The summed E-state index contributed by atoms with van der Waals surface area (Å²) >= 11 is 0. The minimum atomic E-state index is -0.577. The zero-order chi connectivity index (χ0) is 15.2. The highest BCUT2D eigenvalue weighted by molar-refractivity contribution is 5.85. The number of hydrogen-bond donors (Lipinski definition) is 2. The molecule has 0 unspecified atom stereocenters. The van der Waals surface area contributed by atoms with E-state index in [9.17, 15) is 9.90 Å². The van der Waals surface area contributed by atoms with Gasteiger partial charge in [0.1, 0.15) is 6.61 Å². The van der Waals surface area contributed by atoms with Crippen LogP contribution in [0.4, 0.5) is 10.5 Å². The molecule has 0 aliphatic heterocycles. The summed E-state index contributed by atoms with van der Waals surface area (Å²) in [5.74, 6) is 0. The molecule has 0 radical (unpaired) electrons. The van der Waals surface area contributed by atoms with Crippen LogP contribution in [-0.4, -0.2) is 11.2 Å². The van der Waals surface area contributed by atoms with Crippen LogP contribution in [0.5, 0.6) is 0 Å². The molecule has 0 aliphatic carbocycles. The van der Waals surface area contributed by atoms with Gasteiger partial charge in [-0.25, -0.2) is 4.79 Å². The van der Waals surface area contributed by atoms with Crippen molar-refractivity contribution in [3.63, 3.8) is 0 Å². The van der Waals surface area contributed by atoms with Gasteiger partial charge in [0.05, 0.1) is 6.10 Å². The summed E-state index contributed by atoms with van der Waals surface area (Å²) < 4.78 is 5.17. The van der Waals surface area contributed by atoms with Crippen LogP contribution in [0, 0.1) is 6.92 Å². The minimum Gasteiger partial charge on any atom is -0.444 e. The molecule has 0 bridgehead atoms. The molecule has 0 heterocycles. The average Bonchev–Trinajstić information content (AvgIpc) is 2.48. The lowest BCUT2D eigenvalue weighted by atomic mass is 10.1. The van der Waals surface area contributed by atoms with E-state index in [1.54, 1.807) is 13.0 Å². The lowest BCUT2D eigenvalue weighted by Gasteiger charge is -2.12. The summed E-state index contributed by atoms with van der Waals surface area (Å²) in [5.41, 5.74) is 3.24. The van der Waals surface area contributed by atoms with Gasteiger partial charge < -0.3 is 9.84 Å². The summed E-state index contributed by atoms with van der Waals surface area (Å²) in [6, 6.07) is 14.9. The molecule has 21 heavy (non-hydrogen) atoms. The van der Waals surface area contributed by atoms with Crippen LogP contribution in [0.15, 0.2) is 48.5 Å². The number of carbonyl (C=O) groups excluding carboxylic acids is 1. The van der Waals surface area contributed by atoms with E-state index in [0.717, 1.165) is 16.7 Å². The first-order valence-electron chi connectivity index (χ1n) is 6.82. The Balaban J connectivity index is 1.98. The van der Waals surface area contributed by atoms with Gasteiger partial charge in [0.25, 0.3) is 0 Å². The Morgan fingerprint density at radius 1 is 1.24 bits per heavy atom. The molecule has 0 spiro atoms. The van der Waals surface area contributed by atoms with Gasteiger partial charge in [0.2, 0.25) is 0 Å². The van der Waals surface area contributed by atoms with E-state index < -0.39 is 12.2 Å². The maximum atomic E-state index is 11.8. The molecule has 0 aromatic heterocycles. The molecule has 4 heteroatoms. The molecule has 110 valence electrons. The van der Waals surface area contributed by atoms with E-state index in [1.807, 2.05) is 49.4 Å². The molecule has 1 amide bonds. The van der Waals surface area contributed by atoms with E-state index >= 15 is 0 Å². The highest BCUT2D eigenvalue weighted by Crippen LogP contribution is 2.21. The van der Waals surface area contributed by atoms with Gasteiger partial charge in [-0.1, -0.05) is 42.5 Å². The number of rotatable bonds is 4. The van der Waals surface area contributed by atoms with Crippen molar-refractivity contribution in [2.24, 2.45) is 0 Å². The maximum Gasteiger partial charge on any atom is 0.411 e. The summed E-state index contributed by atoms with van der Waals surface area (Å²) in [5, 5.41) is 12.3. The largest absolute Gasteiger partial charge is 0.444 e. The van der Waals surface area contributed by atoms with Gasteiger partial charge in [-0.05, 0) is 36.6 Å². The van der Waals surface area contributed by atoms with Crippen LogP contribution in [-0.2, 0) is 11.3 Å². The highest BCUT2D eigenvalue weighted by atomic mass is 16.5. The third kappa shape index (κ3) is 4.33. The van der Waals surface area contributed by atoms with Gasteiger partial charge >= 0.3 is 6.09 Å². The Labute approximate surface area is 124 Å². The second kappa shape index (κ2) is 6.90. The third-order valence-electron chi connectivity index (χ3n) is 3.19. The van der Waals surface area contributed by atoms with E-state index in [2.05, 4.69) is 5.32 Å². The van der Waals surface area contributed by atoms with Crippen molar-refractivity contribution in [1.29, 1.82) is 0 Å². The number of aliphatic hydroxyl groups is 1. The van der Waals surface area contributed by atoms with E-state index in [1.165, 1.54) is 0 Å². The fourth-order valence-corrected chi connectivity index (χ4v) is 1.90. The number of benzene rings is 2. The number of aryl methyl sites for hydroxylation is 1. The van der Waals surface area contributed by atoms with Crippen molar-refractivity contribution in [3.8, 4) is 0 Å². The molecular formula is C17H19NO3. The summed E-state index contributed by atoms with van der Waals surface area (Å²) in [6.07, 6.45) is -1.09. The van der Waals surface area contributed by atoms with E-state index in [4.69, 9.17) is 4.74 Å². The number of amides is 1. The molecule has 1 atom stereocenters. The normalized spacial score (nSPS) is 11.8. The number of aliphatic hydroxyl groups excluding tert-OH is 1. The topological polar surface area (TPSA) is 58.6 Å². The Kier molecular flexibility index (Phi) is 4.95. The molecule has 2 rings (SSSR count). The van der Waals surface area contributed by atoms with Crippen molar-refractivity contribution < 1.29 is 14.6 Å². The molecular weight excluding hydrogens is 266 g/mol. The van der Waals surface area contributed by atoms with Crippen molar-refractivity contribution in [1.82, 2.24) is 0 Å². The standard InChI is InChI=1S/C17H19NO3/c1-12-8-9-15(13(2)19)10-16(12)18-17(20)21-11-14-6-4-3-5-7-14/h3-10,13,19H,11H2,1-2H3,(H,18,20)/t13-/m0/s1. The Morgan fingerprint density at radius 3 is 2.62 bits per heavy atom. The van der Waals surface area contributed by atoms with Crippen LogP contribution < -0.4 is 5.32 Å². The number of carbonyl (C=O) groups is 1. The first kappa shape index (κ1) is 15.1. The molecule has 2 N–H and O–H groups in total. The fraction of sp³-hybridized carbons (Fsp3) is 0.235. The van der Waals surface area contributed by atoms with Crippen LogP contribution in [0.2, 0.25) is 0 Å². The molecule has 0 fully saturated rings. The lowest BCUT2D eigenvalue weighted by molar-refractivity contribution is 0.155. The first-order chi connectivity index (χ1) is 10.1. The Hall–Kier alpha value is -2.33. The molecule has 2 aromatic rings. The predicted octanol–water partition coefficient (Wildman–Crippen LogP) is 3.80. The van der Waals surface area contributed by atoms with Gasteiger partial charge in [0.15, 0.2) is 0 Å². The lowest BCUT2D eigenvalue weighted by Crippen LogP contribution is -2.14. The maximum absolute atomic E-state index is 11.8. The van der Waals surface area contributed by atoms with Crippen LogP contribution in [0.1, 0.15) is 29.7 Å². The molecule has 2 aromatic carbocycles. The Bertz CT molecular complexity index is 609. The van der Waals surface area contributed by atoms with Crippen molar-refractivity contribution >= 4 is 11.8 Å². The van der Waals surface area contributed by atoms with Crippen LogP contribution in [0.3, 0.4) is 0 Å². The minimum absolute atomic E-state index is 0.224. The number of hydrogen-bond acceptors (Lipinski definition) is 3. The van der Waals surface area contributed by atoms with Crippen LogP contribution in [0.25, 0.3) is 0 Å². The summed E-state index contributed by atoms with van der Waals surface area (Å²) in [6.45, 7) is 3.79. The van der Waals surface area contributed by atoms with Gasteiger partial charge in [0, 0.05) is 5.69 Å². The highest BCUT2D eigenvalue weighted by Gasteiger charge is 2.09. The monoisotopic (exact) mass is 285 g/mol. The Morgan fingerprint density at radius 2 is 1.95 bits per heavy atom. The quantitative estimate of drug-likeness (QED) is 0.898. The number of anilines is 1. The van der Waals surface area contributed by atoms with Crippen molar-refractivity contribution in [2.45, 2.75) is 26.6 Å². The number of nitrogens with one attached hydrogen (secondary N) is 1. The van der Waals surface area contributed by atoms with E-state index in [-0.39, 0.29) is 6.61 Å². The molecule has 0 aliphatic rings. The van der Waals surface area contributed by atoms with Crippen LogP contribution >= 0.6 is 0 Å². The molecule has 0 saturated heterocycles. The first-order valence-corrected chi connectivity index (χ1v) is 6.82. The van der Waals surface area contributed by atoms with Crippen molar-refractivity contribution in [2.75, 3.05) is 5.32 Å².